The summed E-state index contributed by atoms with van der Waals surface area (Å²) in [5.41, 5.74) is 9.18. The molecule has 0 saturated heterocycles. The summed E-state index contributed by atoms with van der Waals surface area (Å²) in [6.45, 7) is 7.84. The van der Waals surface area contributed by atoms with Gasteiger partial charge < -0.3 is 10.3 Å². The van der Waals surface area contributed by atoms with Crippen molar-refractivity contribution in [1.82, 2.24) is 9.55 Å². The van der Waals surface area contributed by atoms with Crippen molar-refractivity contribution in [2.75, 3.05) is 0 Å². The fraction of sp³-hybridized carbons (Fsp3) is 0.769. The average molecular weight is 219 g/mol. The van der Waals surface area contributed by atoms with Gasteiger partial charge in [0.05, 0.1) is 5.69 Å². The lowest BCUT2D eigenvalue weighted by molar-refractivity contribution is 0.396. The second-order valence-corrected chi connectivity index (χ2v) is 6.16. The third-order valence-corrected chi connectivity index (χ3v) is 4.24. The normalized spacial score (nSPS) is 31.2. The van der Waals surface area contributed by atoms with Crippen molar-refractivity contribution in [3.8, 4) is 0 Å². The minimum atomic E-state index is 0.267. The quantitative estimate of drug-likeness (QED) is 0.724. The van der Waals surface area contributed by atoms with E-state index in [1.165, 1.54) is 30.1 Å². The average Bonchev–Trinajstić information content (AvgIpc) is 2.66. The molecule has 0 saturated carbocycles. The molecule has 3 heteroatoms. The summed E-state index contributed by atoms with van der Waals surface area (Å²) in [6, 6.07) is 0.310. The van der Waals surface area contributed by atoms with Crippen LogP contribution in [0.4, 0.5) is 0 Å². The van der Waals surface area contributed by atoms with E-state index in [0.29, 0.717) is 12.0 Å². The molecule has 2 aliphatic rings. The molecule has 1 aromatic rings. The highest BCUT2D eigenvalue weighted by molar-refractivity contribution is 5.32. The molecule has 0 aromatic carbocycles. The van der Waals surface area contributed by atoms with Gasteiger partial charge in [-0.15, -0.1) is 0 Å². The van der Waals surface area contributed by atoms with E-state index >= 15 is 0 Å². The van der Waals surface area contributed by atoms with E-state index in [1.54, 1.807) is 0 Å². The molecule has 1 aliphatic carbocycles. The molecule has 88 valence electrons. The molecule has 0 fully saturated rings. The van der Waals surface area contributed by atoms with Crippen molar-refractivity contribution < 1.29 is 0 Å². The van der Waals surface area contributed by atoms with E-state index in [0.717, 1.165) is 13.0 Å². The highest BCUT2D eigenvalue weighted by atomic mass is 15.1. The zero-order valence-corrected chi connectivity index (χ0v) is 10.5. The first-order valence-corrected chi connectivity index (χ1v) is 6.34. The second kappa shape index (κ2) is 3.10. The van der Waals surface area contributed by atoms with Crippen LogP contribution in [0.1, 0.15) is 56.7 Å². The SMILES string of the molecule is CC1CC(N)Cn2c1nc1c2CCC1(C)C. The van der Waals surface area contributed by atoms with Crippen molar-refractivity contribution in [2.24, 2.45) is 5.73 Å². The molecule has 3 nitrogen and oxygen atoms in total. The highest BCUT2D eigenvalue weighted by Crippen LogP contribution is 2.41. The number of hydrogen-bond donors (Lipinski definition) is 1. The van der Waals surface area contributed by atoms with Gasteiger partial charge in [0.1, 0.15) is 5.82 Å². The lowest BCUT2D eigenvalue weighted by atomic mass is 9.91. The number of nitrogens with two attached hydrogens (primary N) is 1. The van der Waals surface area contributed by atoms with E-state index in [2.05, 4.69) is 25.3 Å². The van der Waals surface area contributed by atoms with Crippen LogP contribution in [0.3, 0.4) is 0 Å². The van der Waals surface area contributed by atoms with Gasteiger partial charge in [-0.3, -0.25) is 0 Å². The fourth-order valence-corrected chi connectivity index (χ4v) is 3.30. The summed E-state index contributed by atoms with van der Waals surface area (Å²) in [6.07, 6.45) is 3.49. The molecule has 2 N–H and O–H groups in total. The van der Waals surface area contributed by atoms with Crippen molar-refractivity contribution >= 4 is 0 Å². The van der Waals surface area contributed by atoms with Gasteiger partial charge in [0.25, 0.3) is 0 Å². The van der Waals surface area contributed by atoms with Crippen LogP contribution in [0.15, 0.2) is 0 Å². The number of fused-ring (bicyclic) bond motifs is 3. The van der Waals surface area contributed by atoms with Gasteiger partial charge in [0.15, 0.2) is 0 Å². The summed E-state index contributed by atoms with van der Waals surface area (Å²) in [5, 5.41) is 0. The Labute approximate surface area is 97.0 Å². The summed E-state index contributed by atoms with van der Waals surface area (Å²) in [5.74, 6) is 1.80. The molecule has 16 heavy (non-hydrogen) atoms. The number of rotatable bonds is 0. The summed E-state index contributed by atoms with van der Waals surface area (Å²) < 4.78 is 2.41. The van der Waals surface area contributed by atoms with Gasteiger partial charge >= 0.3 is 0 Å². The molecule has 0 radical (unpaired) electrons. The van der Waals surface area contributed by atoms with Gasteiger partial charge in [0.2, 0.25) is 0 Å². The first-order valence-electron chi connectivity index (χ1n) is 6.34. The van der Waals surface area contributed by atoms with E-state index in [1.807, 2.05) is 0 Å². The van der Waals surface area contributed by atoms with Crippen LogP contribution >= 0.6 is 0 Å². The molecule has 1 aromatic heterocycles. The number of aromatic nitrogens is 2. The van der Waals surface area contributed by atoms with Gasteiger partial charge in [0, 0.05) is 29.6 Å². The molecule has 0 bridgehead atoms. The Hall–Kier alpha value is -0.830. The van der Waals surface area contributed by atoms with Crippen LogP contribution in [-0.2, 0) is 18.4 Å². The molecular formula is C13H21N3. The van der Waals surface area contributed by atoms with E-state index in [9.17, 15) is 0 Å². The maximum absolute atomic E-state index is 6.11. The highest BCUT2D eigenvalue weighted by Gasteiger charge is 2.38. The summed E-state index contributed by atoms with van der Waals surface area (Å²) in [4.78, 5) is 4.91. The Morgan fingerprint density at radius 2 is 2.19 bits per heavy atom. The lowest BCUT2D eigenvalue weighted by Crippen LogP contribution is -2.34. The van der Waals surface area contributed by atoms with Crippen LogP contribution in [0.2, 0.25) is 0 Å². The Kier molecular flexibility index (Phi) is 2.00. The van der Waals surface area contributed by atoms with Crippen LogP contribution in [0.25, 0.3) is 0 Å². The van der Waals surface area contributed by atoms with Crippen molar-refractivity contribution in [3.05, 3.63) is 17.2 Å². The molecular weight excluding hydrogens is 198 g/mol. The van der Waals surface area contributed by atoms with Crippen LogP contribution in [-0.4, -0.2) is 15.6 Å². The van der Waals surface area contributed by atoms with E-state index in [4.69, 9.17) is 10.7 Å². The summed E-state index contributed by atoms with van der Waals surface area (Å²) >= 11 is 0. The Bertz CT molecular complexity index is 431. The van der Waals surface area contributed by atoms with Crippen molar-refractivity contribution in [2.45, 2.75) is 64.0 Å². The zero-order valence-electron chi connectivity index (χ0n) is 10.5. The molecule has 2 heterocycles. The standard InChI is InChI=1S/C13H21N3/c1-8-6-9(14)7-16-10-4-5-13(2,3)11(10)15-12(8)16/h8-9H,4-7,14H2,1-3H3. The van der Waals surface area contributed by atoms with E-state index in [-0.39, 0.29) is 5.41 Å². The monoisotopic (exact) mass is 219 g/mol. The first kappa shape index (κ1) is 10.3. The van der Waals surface area contributed by atoms with Gasteiger partial charge in [-0.2, -0.15) is 0 Å². The van der Waals surface area contributed by atoms with Gasteiger partial charge in [-0.05, 0) is 19.3 Å². The van der Waals surface area contributed by atoms with Crippen LogP contribution < -0.4 is 5.73 Å². The number of hydrogen-bond acceptors (Lipinski definition) is 2. The maximum atomic E-state index is 6.11. The molecule has 0 spiro atoms. The number of imidazole rings is 1. The molecule has 2 atom stereocenters. The molecule has 2 unspecified atom stereocenters. The Balaban J connectivity index is 2.13. The van der Waals surface area contributed by atoms with Gasteiger partial charge in [-0.25, -0.2) is 4.98 Å². The van der Waals surface area contributed by atoms with E-state index < -0.39 is 0 Å². The zero-order chi connectivity index (χ0) is 11.5. The minimum absolute atomic E-state index is 0.267. The molecule has 0 amide bonds. The van der Waals surface area contributed by atoms with Gasteiger partial charge in [-0.1, -0.05) is 20.8 Å². The predicted molar refractivity (Wildman–Crippen MR) is 64.6 cm³/mol. The van der Waals surface area contributed by atoms with Crippen molar-refractivity contribution in [3.63, 3.8) is 0 Å². The Morgan fingerprint density at radius 1 is 1.44 bits per heavy atom. The maximum Gasteiger partial charge on any atom is 0.112 e. The van der Waals surface area contributed by atoms with Crippen LogP contribution in [0.5, 0.6) is 0 Å². The van der Waals surface area contributed by atoms with Crippen molar-refractivity contribution in [1.29, 1.82) is 0 Å². The number of nitrogens with zero attached hydrogens (tertiary/aromatic N) is 2. The lowest BCUT2D eigenvalue weighted by Gasteiger charge is -2.26. The smallest absolute Gasteiger partial charge is 0.112 e. The molecule has 1 aliphatic heterocycles. The third kappa shape index (κ3) is 1.27. The topological polar surface area (TPSA) is 43.8 Å². The third-order valence-electron chi connectivity index (χ3n) is 4.24. The summed E-state index contributed by atoms with van der Waals surface area (Å²) in [7, 11) is 0. The minimum Gasteiger partial charge on any atom is -0.330 e. The molecule has 3 rings (SSSR count). The fourth-order valence-electron chi connectivity index (χ4n) is 3.30. The predicted octanol–water partition coefficient (Wildman–Crippen LogP) is 1.94. The van der Waals surface area contributed by atoms with Crippen LogP contribution in [0, 0.1) is 0 Å². The Morgan fingerprint density at radius 3 is 2.94 bits per heavy atom. The largest absolute Gasteiger partial charge is 0.330 e. The second-order valence-electron chi connectivity index (χ2n) is 6.16. The first-order chi connectivity index (χ1) is 7.49.